The molecule has 92 valence electrons. The van der Waals surface area contributed by atoms with Gasteiger partial charge in [-0.25, -0.2) is 4.98 Å². The van der Waals surface area contributed by atoms with Crippen molar-refractivity contribution in [2.75, 3.05) is 5.32 Å². The highest BCUT2D eigenvalue weighted by molar-refractivity contribution is 9.10. The molecule has 0 aliphatic rings. The molecule has 0 spiro atoms. The van der Waals surface area contributed by atoms with E-state index < -0.39 is 0 Å². The first kappa shape index (κ1) is 13.0. The van der Waals surface area contributed by atoms with Crippen molar-refractivity contribution in [3.8, 4) is 0 Å². The summed E-state index contributed by atoms with van der Waals surface area (Å²) in [5.74, 6) is 0.103. The highest BCUT2D eigenvalue weighted by Crippen LogP contribution is 2.21. The van der Waals surface area contributed by atoms with Gasteiger partial charge >= 0.3 is 0 Å². The number of amides is 1. The Labute approximate surface area is 118 Å². The number of carbonyl (C=O) groups is 1. The fourth-order valence-corrected chi connectivity index (χ4v) is 1.99. The van der Waals surface area contributed by atoms with Crippen LogP contribution in [0.15, 0.2) is 35.1 Å². The van der Waals surface area contributed by atoms with E-state index in [1.807, 2.05) is 6.92 Å². The first-order chi connectivity index (χ1) is 8.58. The maximum atomic E-state index is 12.0. The first-order valence-corrected chi connectivity index (χ1v) is 6.29. The Hall–Kier alpha value is -1.46. The molecule has 0 atom stereocenters. The van der Waals surface area contributed by atoms with Crippen LogP contribution in [0.25, 0.3) is 0 Å². The molecule has 0 unspecified atom stereocenters. The van der Waals surface area contributed by atoms with Gasteiger partial charge in [0.1, 0.15) is 5.82 Å². The van der Waals surface area contributed by atoms with Gasteiger partial charge in [-0.05, 0) is 41.1 Å². The molecule has 1 amide bonds. The molecule has 2 rings (SSSR count). The number of carbonyl (C=O) groups excluding carboxylic acids is 1. The number of halogens is 2. The van der Waals surface area contributed by atoms with Gasteiger partial charge in [-0.2, -0.15) is 0 Å². The molecule has 2 aromatic heterocycles. The Morgan fingerprint density at radius 2 is 2.22 bits per heavy atom. The summed E-state index contributed by atoms with van der Waals surface area (Å²) in [4.78, 5) is 20.1. The van der Waals surface area contributed by atoms with Crippen molar-refractivity contribution < 1.29 is 4.79 Å². The van der Waals surface area contributed by atoms with E-state index in [4.69, 9.17) is 11.6 Å². The Bertz CT molecular complexity index is 604. The van der Waals surface area contributed by atoms with Crippen molar-refractivity contribution in [1.29, 1.82) is 0 Å². The Kier molecular flexibility index (Phi) is 3.93. The summed E-state index contributed by atoms with van der Waals surface area (Å²) >= 11 is 9.30. The summed E-state index contributed by atoms with van der Waals surface area (Å²) in [6.45, 7) is 1.81. The van der Waals surface area contributed by atoms with Crippen LogP contribution in [0.4, 0.5) is 5.82 Å². The average molecular weight is 327 g/mol. The van der Waals surface area contributed by atoms with Gasteiger partial charge in [0.15, 0.2) is 0 Å². The van der Waals surface area contributed by atoms with Crippen molar-refractivity contribution in [3.63, 3.8) is 0 Å². The largest absolute Gasteiger partial charge is 0.306 e. The molecule has 0 aliphatic carbocycles. The second-order valence-corrected chi connectivity index (χ2v) is 4.86. The molecule has 4 nitrogen and oxygen atoms in total. The molecule has 0 radical (unpaired) electrons. The van der Waals surface area contributed by atoms with Gasteiger partial charge < -0.3 is 5.32 Å². The van der Waals surface area contributed by atoms with Crippen LogP contribution in [0.1, 0.15) is 16.1 Å². The summed E-state index contributed by atoms with van der Waals surface area (Å²) in [7, 11) is 0. The third kappa shape index (κ3) is 2.86. The highest BCUT2D eigenvalue weighted by atomic mass is 79.9. The number of nitrogens with zero attached hydrogens (tertiary/aromatic N) is 2. The summed E-state index contributed by atoms with van der Waals surface area (Å²) in [6.07, 6.45) is 3.04. The summed E-state index contributed by atoms with van der Waals surface area (Å²) < 4.78 is 0.703. The minimum absolute atomic E-state index is 0.319. The smallest absolute Gasteiger partial charge is 0.259 e. The van der Waals surface area contributed by atoms with Crippen LogP contribution < -0.4 is 5.32 Å². The van der Waals surface area contributed by atoms with E-state index in [9.17, 15) is 4.79 Å². The van der Waals surface area contributed by atoms with E-state index in [-0.39, 0.29) is 5.91 Å². The SMILES string of the molecule is Cc1cc(Cl)c(C(=O)Nc2ncccc2Br)cn1. The molecule has 2 aromatic rings. The van der Waals surface area contributed by atoms with Crippen LogP contribution in [0.5, 0.6) is 0 Å². The molecule has 1 N–H and O–H groups in total. The maximum absolute atomic E-state index is 12.0. The molecule has 18 heavy (non-hydrogen) atoms. The van der Waals surface area contributed by atoms with Gasteiger partial charge in [0, 0.05) is 18.1 Å². The summed E-state index contributed by atoms with van der Waals surface area (Å²) in [5, 5.41) is 3.03. The van der Waals surface area contributed by atoms with Crippen LogP contribution in [0.2, 0.25) is 5.02 Å². The van der Waals surface area contributed by atoms with Gasteiger partial charge in [-0.15, -0.1) is 0 Å². The predicted octanol–water partition coefficient (Wildman–Crippen LogP) is 3.45. The van der Waals surface area contributed by atoms with Crippen molar-refractivity contribution >= 4 is 39.3 Å². The molecule has 0 saturated carbocycles. The Morgan fingerprint density at radius 3 is 2.89 bits per heavy atom. The molecule has 0 aromatic carbocycles. The summed E-state index contributed by atoms with van der Waals surface area (Å²) in [6, 6.07) is 5.20. The van der Waals surface area contributed by atoms with Gasteiger partial charge in [-0.3, -0.25) is 9.78 Å². The number of aromatic nitrogens is 2. The van der Waals surface area contributed by atoms with E-state index in [1.165, 1.54) is 6.20 Å². The maximum Gasteiger partial charge on any atom is 0.259 e. The molecule has 0 fully saturated rings. The lowest BCUT2D eigenvalue weighted by molar-refractivity contribution is 0.102. The fraction of sp³-hybridized carbons (Fsp3) is 0.0833. The van der Waals surface area contributed by atoms with Crippen molar-refractivity contribution in [2.45, 2.75) is 6.92 Å². The molecular weight excluding hydrogens is 318 g/mol. The summed E-state index contributed by atoms with van der Waals surface area (Å²) in [5.41, 5.74) is 1.08. The van der Waals surface area contributed by atoms with E-state index in [0.29, 0.717) is 20.9 Å². The number of aryl methyl sites for hydroxylation is 1. The van der Waals surface area contributed by atoms with Gasteiger partial charge in [0.2, 0.25) is 0 Å². The van der Waals surface area contributed by atoms with E-state index >= 15 is 0 Å². The molecule has 2 heterocycles. The second-order valence-electron chi connectivity index (χ2n) is 3.59. The van der Waals surface area contributed by atoms with Crippen LogP contribution in [0.3, 0.4) is 0 Å². The van der Waals surface area contributed by atoms with Crippen LogP contribution in [-0.4, -0.2) is 15.9 Å². The normalized spacial score (nSPS) is 10.2. The zero-order chi connectivity index (χ0) is 13.1. The number of nitrogens with one attached hydrogen (secondary N) is 1. The lowest BCUT2D eigenvalue weighted by Gasteiger charge is -2.07. The molecule has 0 saturated heterocycles. The van der Waals surface area contributed by atoms with E-state index in [2.05, 4.69) is 31.2 Å². The molecule has 6 heteroatoms. The van der Waals surface area contributed by atoms with E-state index in [1.54, 1.807) is 24.4 Å². The van der Waals surface area contributed by atoms with Crippen LogP contribution in [-0.2, 0) is 0 Å². The third-order valence-corrected chi connectivity index (χ3v) is 3.18. The predicted molar refractivity (Wildman–Crippen MR) is 73.9 cm³/mol. The quantitative estimate of drug-likeness (QED) is 0.919. The number of hydrogen-bond donors (Lipinski definition) is 1. The van der Waals surface area contributed by atoms with Crippen LogP contribution >= 0.6 is 27.5 Å². The number of pyridine rings is 2. The monoisotopic (exact) mass is 325 g/mol. The second kappa shape index (κ2) is 5.46. The van der Waals surface area contributed by atoms with E-state index in [0.717, 1.165) is 5.69 Å². The number of anilines is 1. The van der Waals surface area contributed by atoms with Crippen LogP contribution in [0, 0.1) is 6.92 Å². The van der Waals surface area contributed by atoms with Gasteiger partial charge in [0.25, 0.3) is 5.91 Å². The Balaban J connectivity index is 2.25. The fourth-order valence-electron chi connectivity index (χ4n) is 1.35. The zero-order valence-corrected chi connectivity index (χ0v) is 11.8. The first-order valence-electron chi connectivity index (χ1n) is 5.12. The lowest BCUT2D eigenvalue weighted by Crippen LogP contribution is -2.14. The standard InChI is InChI=1S/C12H9BrClN3O/c1-7-5-10(14)8(6-16-7)12(18)17-11-9(13)3-2-4-15-11/h2-6H,1H3,(H,15,17,18). The highest BCUT2D eigenvalue weighted by Gasteiger charge is 2.13. The minimum Gasteiger partial charge on any atom is -0.306 e. The topological polar surface area (TPSA) is 54.9 Å². The third-order valence-electron chi connectivity index (χ3n) is 2.23. The van der Waals surface area contributed by atoms with Crippen molar-refractivity contribution in [2.24, 2.45) is 0 Å². The molecule has 0 bridgehead atoms. The Morgan fingerprint density at radius 1 is 1.44 bits per heavy atom. The van der Waals surface area contributed by atoms with Crippen molar-refractivity contribution in [1.82, 2.24) is 9.97 Å². The lowest BCUT2D eigenvalue weighted by atomic mass is 10.2. The zero-order valence-electron chi connectivity index (χ0n) is 9.45. The average Bonchev–Trinajstić information content (AvgIpc) is 2.32. The van der Waals surface area contributed by atoms with Gasteiger partial charge in [-0.1, -0.05) is 11.6 Å². The molecule has 0 aliphatic heterocycles. The van der Waals surface area contributed by atoms with Gasteiger partial charge in [0.05, 0.1) is 15.1 Å². The van der Waals surface area contributed by atoms with Crippen molar-refractivity contribution in [3.05, 3.63) is 51.3 Å². The number of hydrogen-bond acceptors (Lipinski definition) is 3. The number of rotatable bonds is 2. The minimum atomic E-state index is -0.341. The molecular formula is C12H9BrClN3O.